The molecule has 3 heterocycles. The number of rotatable bonds is 2. The summed E-state index contributed by atoms with van der Waals surface area (Å²) in [5.41, 5.74) is 0. The fourth-order valence-electron chi connectivity index (χ4n) is 4.04. The van der Waals surface area contributed by atoms with E-state index in [-0.39, 0.29) is 0 Å². The van der Waals surface area contributed by atoms with Crippen molar-refractivity contribution in [3.8, 4) is 0 Å². The summed E-state index contributed by atoms with van der Waals surface area (Å²) in [5, 5.41) is 1.59. The van der Waals surface area contributed by atoms with Gasteiger partial charge in [0.05, 0.1) is 5.39 Å². The molecule has 0 aromatic carbocycles. The van der Waals surface area contributed by atoms with Gasteiger partial charge in [0.25, 0.3) is 0 Å². The topological polar surface area (TPSA) is 29.0 Å². The molecule has 0 radical (unpaired) electrons. The molecule has 1 aliphatic heterocycles. The molecule has 2 atom stereocenters. The fraction of sp³-hybridized carbons (Fsp3) is 0.625. The zero-order valence-electron chi connectivity index (χ0n) is 12.3. The minimum Gasteiger partial charge on any atom is -0.353 e. The van der Waals surface area contributed by atoms with Crippen molar-refractivity contribution in [3.63, 3.8) is 0 Å². The highest BCUT2D eigenvalue weighted by atomic mass is 35.5. The zero-order chi connectivity index (χ0) is 14.4. The van der Waals surface area contributed by atoms with Crippen LogP contribution < -0.4 is 4.90 Å². The first-order valence-corrected chi connectivity index (χ1v) is 9.18. The van der Waals surface area contributed by atoms with Crippen LogP contribution in [0.3, 0.4) is 0 Å². The van der Waals surface area contributed by atoms with Crippen molar-refractivity contribution in [1.29, 1.82) is 0 Å². The first kappa shape index (κ1) is 13.8. The lowest BCUT2D eigenvalue weighted by atomic mass is 9.92. The Balaban J connectivity index is 1.82. The van der Waals surface area contributed by atoms with Crippen molar-refractivity contribution in [2.75, 3.05) is 11.4 Å². The van der Waals surface area contributed by atoms with Gasteiger partial charge in [-0.2, -0.15) is 4.98 Å². The third-order valence-electron chi connectivity index (χ3n) is 5.01. The minimum absolute atomic E-state index is 0.391. The summed E-state index contributed by atoms with van der Waals surface area (Å²) in [6.07, 6.45) is 7.75. The number of piperidine rings is 1. The quantitative estimate of drug-likeness (QED) is 0.752. The van der Waals surface area contributed by atoms with E-state index in [4.69, 9.17) is 11.6 Å². The second kappa shape index (κ2) is 5.40. The standard InChI is InChI=1S/C16H20ClN3S/c1-2-11-9-12-14(18-16(17)19-15(12)21-11)20-8-4-6-10-5-3-7-13(10)20/h9-10,13H,2-8H2,1H3. The Morgan fingerprint density at radius 3 is 3.00 bits per heavy atom. The van der Waals surface area contributed by atoms with Crippen molar-refractivity contribution in [3.05, 3.63) is 16.2 Å². The number of thiophene rings is 1. The van der Waals surface area contributed by atoms with Gasteiger partial charge in [0, 0.05) is 17.5 Å². The van der Waals surface area contributed by atoms with Gasteiger partial charge in [0.15, 0.2) is 0 Å². The van der Waals surface area contributed by atoms with Crippen LogP contribution in [0.5, 0.6) is 0 Å². The molecule has 21 heavy (non-hydrogen) atoms. The Morgan fingerprint density at radius 2 is 2.14 bits per heavy atom. The first-order valence-electron chi connectivity index (χ1n) is 7.99. The summed E-state index contributed by atoms with van der Waals surface area (Å²) in [5.74, 6) is 1.93. The van der Waals surface area contributed by atoms with Crippen molar-refractivity contribution in [1.82, 2.24) is 9.97 Å². The van der Waals surface area contributed by atoms with Crippen LogP contribution in [0.25, 0.3) is 10.2 Å². The van der Waals surface area contributed by atoms with Crippen molar-refractivity contribution >= 4 is 39.0 Å². The number of anilines is 1. The average molecular weight is 322 g/mol. The van der Waals surface area contributed by atoms with Crippen LogP contribution in [0.1, 0.15) is 43.9 Å². The number of hydrogen-bond donors (Lipinski definition) is 0. The molecule has 1 saturated heterocycles. The van der Waals surface area contributed by atoms with Gasteiger partial charge in [0.1, 0.15) is 10.6 Å². The van der Waals surface area contributed by atoms with E-state index in [1.807, 2.05) is 0 Å². The fourth-order valence-corrected chi connectivity index (χ4v) is 5.22. The molecule has 2 aromatic heterocycles. The molecule has 3 nitrogen and oxygen atoms in total. The Hall–Kier alpha value is -0.870. The highest BCUT2D eigenvalue weighted by Crippen LogP contribution is 2.41. The van der Waals surface area contributed by atoms with Crippen LogP contribution in [0.4, 0.5) is 5.82 Å². The third-order valence-corrected chi connectivity index (χ3v) is 6.35. The first-order chi connectivity index (χ1) is 10.3. The van der Waals surface area contributed by atoms with Crippen molar-refractivity contribution in [2.45, 2.75) is 51.5 Å². The summed E-state index contributed by atoms with van der Waals surface area (Å²) < 4.78 is 0. The van der Waals surface area contributed by atoms with Crippen LogP contribution in [-0.4, -0.2) is 22.6 Å². The van der Waals surface area contributed by atoms with Crippen molar-refractivity contribution in [2.24, 2.45) is 5.92 Å². The lowest BCUT2D eigenvalue weighted by Gasteiger charge is -2.38. The molecule has 2 aromatic rings. The molecular weight excluding hydrogens is 302 g/mol. The Kier molecular flexibility index (Phi) is 3.54. The van der Waals surface area contributed by atoms with E-state index in [0.29, 0.717) is 11.3 Å². The van der Waals surface area contributed by atoms with Gasteiger partial charge in [-0.3, -0.25) is 0 Å². The molecule has 1 aliphatic carbocycles. The highest BCUT2D eigenvalue weighted by molar-refractivity contribution is 7.18. The molecule has 0 N–H and O–H groups in total. The van der Waals surface area contributed by atoms with Crippen molar-refractivity contribution < 1.29 is 0 Å². The SMILES string of the molecule is CCc1cc2c(N3CCCC4CCCC43)nc(Cl)nc2s1. The van der Waals surface area contributed by atoms with Crippen LogP contribution in [-0.2, 0) is 6.42 Å². The predicted molar refractivity (Wildman–Crippen MR) is 89.5 cm³/mol. The van der Waals surface area contributed by atoms with E-state index < -0.39 is 0 Å². The number of aryl methyl sites for hydroxylation is 1. The summed E-state index contributed by atoms with van der Waals surface area (Å²) >= 11 is 7.95. The lowest BCUT2D eigenvalue weighted by Crippen LogP contribution is -2.43. The molecule has 0 spiro atoms. The highest BCUT2D eigenvalue weighted by Gasteiger charge is 2.36. The van der Waals surface area contributed by atoms with E-state index in [9.17, 15) is 0 Å². The molecule has 112 valence electrons. The molecule has 2 unspecified atom stereocenters. The summed E-state index contributed by atoms with van der Waals surface area (Å²) in [7, 11) is 0. The second-order valence-corrected chi connectivity index (χ2v) is 7.65. The van der Waals surface area contributed by atoms with E-state index in [0.717, 1.165) is 29.5 Å². The van der Waals surface area contributed by atoms with Crippen LogP contribution in [0, 0.1) is 5.92 Å². The summed E-state index contributed by atoms with van der Waals surface area (Å²) in [4.78, 5) is 14.0. The number of halogens is 1. The maximum atomic E-state index is 6.20. The molecule has 2 fully saturated rings. The third kappa shape index (κ3) is 2.33. The van der Waals surface area contributed by atoms with Gasteiger partial charge in [-0.05, 0) is 55.7 Å². The zero-order valence-corrected chi connectivity index (χ0v) is 13.9. The maximum absolute atomic E-state index is 6.20. The van der Waals surface area contributed by atoms with E-state index in [2.05, 4.69) is 27.9 Å². The number of hydrogen-bond acceptors (Lipinski definition) is 4. The normalized spacial score (nSPS) is 25.5. The van der Waals surface area contributed by atoms with Gasteiger partial charge < -0.3 is 4.90 Å². The Labute approximate surface area is 134 Å². The van der Waals surface area contributed by atoms with E-state index >= 15 is 0 Å². The molecule has 5 heteroatoms. The smallest absolute Gasteiger partial charge is 0.225 e. The summed E-state index contributed by atoms with van der Waals surface area (Å²) in [6.45, 7) is 3.30. The number of fused-ring (bicyclic) bond motifs is 2. The number of nitrogens with zero attached hydrogens (tertiary/aromatic N) is 3. The number of aromatic nitrogens is 2. The van der Waals surface area contributed by atoms with Gasteiger partial charge in [0.2, 0.25) is 5.28 Å². The molecular formula is C16H20ClN3S. The lowest BCUT2D eigenvalue weighted by molar-refractivity contribution is 0.361. The van der Waals surface area contributed by atoms with Crippen LogP contribution in [0.2, 0.25) is 5.28 Å². The second-order valence-electron chi connectivity index (χ2n) is 6.20. The van der Waals surface area contributed by atoms with E-state index in [1.54, 1.807) is 11.3 Å². The Morgan fingerprint density at radius 1 is 1.29 bits per heavy atom. The predicted octanol–water partition coefficient (Wildman–Crippen LogP) is 4.68. The molecule has 4 rings (SSSR count). The minimum atomic E-state index is 0.391. The van der Waals surface area contributed by atoms with Gasteiger partial charge in [-0.15, -0.1) is 11.3 Å². The largest absolute Gasteiger partial charge is 0.353 e. The monoisotopic (exact) mass is 321 g/mol. The molecule has 0 amide bonds. The maximum Gasteiger partial charge on any atom is 0.225 e. The average Bonchev–Trinajstić information content (AvgIpc) is 3.11. The molecule has 0 bridgehead atoms. The van der Waals surface area contributed by atoms with E-state index in [1.165, 1.54) is 42.4 Å². The summed E-state index contributed by atoms with van der Waals surface area (Å²) in [6, 6.07) is 2.93. The van der Waals surface area contributed by atoms with Crippen LogP contribution >= 0.6 is 22.9 Å². The molecule has 1 saturated carbocycles. The van der Waals surface area contributed by atoms with Crippen LogP contribution in [0.15, 0.2) is 6.07 Å². The van der Waals surface area contributed by atoms with Gasteiger partial charge >= 0.3 is 0 Å². The Bertz CT molecular complexity index is 669. The molecule has 2 aliphatic rings. The van der Waals surface area contributed by atoms with Gasteiger partial charge in [-0.1, -0.05) is 13.3 Å². The van der Waals surface area contributed by atoms with Gasteiger partial charge in [-0.25, -0.2) is 4.98 Å².